The van der Waals surface area contributed by atoms with Crippen molar-refractivity contribution in [1.82, 2.24) is 15.1 Å². The van der Waals surface area contributed by atoms with E-state index in [1.54, 1.807) is 0 Å². The third kappa shape index (κ3) is 8.81. The molecule has 29 heavy (non-hydrogen) atoms. The molecule has 1 saturated heterocycles. The zero-order valence-electron chi connectivity index (χ0n) is 18.4. The number of nitrogens with zero attached hydrogens (tertiary/aromatic N) is 2. The Kier molecular flexibility index (Phi) is 12.0. The number of hydrogen-bond acceptors (Lipinski definition) is 5. The molecule has 1 rings (SSSR count). The lowest BCUT2D eigenvalue weighted by Gasteiger charge is -2.39. The summed E-state index contributed by atoms with van der Waals surface area (Å²) >= 11 is 0. The first-order valence-corrected chi connectivity index (χ1v) is 10.6. The van der Waals surface area contributed by atoms with Gasteiger partial charge in [-0.3, -0.25) is 14.4 Å². The fraction of sp³-hybridized carbons (Fsp3) is 0.682. The Morgan fingerprint density at radius 2 is 1.86 bits per heavy atom. The SMILES string of the molecule is C/C=C\C(=C/C)N(C(=O)CC)C1CCN(CCNC(=O)CCCC(=O)OC)CC1. The molecule has 1 aliphatic heterocycles. The van der Waals surface area contributed by atoms with Crippen molar-refractivity contribution >= 4 is 17.8 Å². The molecule has 0 atom stereocenters. The second kappa shape index (κ2) is 13.9. The van der Waals surface area contributed by atoms with Crippen molar-refractivity contribution in [2.75, 3.05) is 33.3 Å². The van der Waals surface area contributed by atoms with Gasteiger partial charge in [0.15, 0.2) is 0 Å². The summed E-state index contributed by atoms with van der Waals surface area (Å²) in [5.74, 6) is -0.159. The molecule has 0 aromatic rings. The maximum absolute atomic E-state index is 12.5. The Balaban J connectivity index is 2.40. The van der Waals surface area contributed by atoms with Gasteiger partial charge in [0.25, 0.3) is 0 Å². The summed E-state index contributed by atoms with van der Waals surface area (Å²) < 4.78 is 4.57. The number of esters is 1. The molecule has 0 unspecified atom stereocenters. The molecule has 0 aromatic heterocycles. The number of allylic oxidation sites excluding steroid dienone is 3. The minimum Gasteiger partial charge on any atom is -0.469 e. The number of carbonyl (C=O) groups is 3. The number of amides is 2. The van der Waals surface area contributed by atoms with Crippen LogP contribution in [0.25, 0.3) is 0 Å². The van der Waals surface area contributed by atoms with E-state index in [2.05, 4.69) is 15.0 Å². The average molecular weight is 408 g/mol. The van der Waals surface area contributed by atoms with Gasteiger partial charge in [0.2, 0.25) is 11.8 Å². The van der Waals surface area contributed by atoms with Gasteiger partial charge in [-0.15, -0.1) is 0 Å². The molecule has 1 fully saturated rings. The van der Waals surface area contributed by atoms with Crippen LogP contribution in [0.5, 0.6) is 0 Å². The van der Waals surface area contributed by atoms with E-state index in [0.717, 1.165) is 38.2 Å². The van der Waals surface area contributed by atoms with Crippen molar-refractivity contribution in [3.8, 4) is 0 Å². The fourth-order valence-corrected chi connectivity index (χ4v) is 3.55. The van der Waals surface area contributed by atoms with Crippen LogP contribution in [-0.2, 0) is 19.1 Å². The molecule has 1 heterocycles. The summed E-state index contributed by atoms with van der Waals surface area (Å²) in [6.45, 7) is 9.03. The molecule has 2 amide bonds. The van der Waals surface area contributed by atoms with Crippen LogP contribution in [0.4, 0.5) is 0 Å². The van der Waals surface area contributed by atoms with Crippen LogP contribution in [0.15, 0.2) is 23.9 Å². The number of ether oxygens (including phenoxy) is 1. The lowest BCUT2D eigenvalue weighted by Crippen LogP contribution is -2.48. The maximum Gasteiger partial charge on any atom is 0.305 e. The molecular weight excluding hydrogens is 370 g/mol. The summed E-state index contributed by atoms with van der Waals surface area (Å²) in [7, 11) is 1.35. The quantitative estimate of drug-likeness (QED) is 0.421. The zero-order valence-corrected chi connectivity index (χ0v) is 18.4. The van der Waals surface area contributed by atoms with Crippen LogP contribution in [0.3, 0.4) is 0 Å². The van der Waals surface area contributed by atoms with Gasteiger partial charge in [0.05, 0.1) is 7.11 Å². The highest BCUT2D eigenvalue weighted by Crippen LogP contribution is 2.22. The third-order valence-corrected chi connectivity index (χ3v) is 5.17. The molecule has 0 saturated carbocycles. The molecule has 0 radical (unpaired) electrons. The highest BCUT2D eigenvalue weighted by atomic mass is 16.5. The van der Waals surface area contributed by atoms with Crippen LogP contribution >= 0.6 is 0 Å². The molecule has 0 aliphatic carbocycles. The summed E-state index contributed by atoms with van der Waals surface area (Å²) in [4.78, 5) is 39.7. The molecule has 1 aliphatic rings. The van der Waals surface area contributed by atoms with Gasteiger partial charge in [0.1, 0.15) is 0 Å². The van der Waals surface area contributed by atoms with Crippen LogP contribution in [0, 0.1) is 0 Å². The maximum atomic E-state index is 12.5. The number of rotatable bonds is 11. The fourth-order valence-electron chi connectivity index (χ4n) is 3.55. The first kappa shape index (κ1) is 24.9. The largest absolute Gasteiger partial charge is 0.469 e. The number of methoxy groups -OCH3 is 1. The van der Waals surface area contributed by atoms with Crippen molar-refractivity contribution < 1.29 is 19.1 Å². The topological polar surface area (TPSA) is 79.0 Å². The van der Waals surface area contributed by atoms with Crippen LogP contribution in [-0.4, -0.2) is 66.9 Å². The van der Waals surface area contributed by atoms with E-state index in [1.807, 2.05) is 43.9 Å². The molecule has 7 nitrogen and oxygen atoms in total. The van der Waals surface area contributed by atoms with Gasteiger partial charge < -0.3 is 19.9 Å². The van der Waals surface area contributed by atoms with E-state index < -0.39 is 0 Å². The van der Waals surface area contributed by atoms with Crippen molar-refractivity contribution in [1.29, 1.82) is 0 Å². The summed E-state index contributed by atoms with van der Waals surface area (Å²) in [6.07, 6.45) is 9.41. The second-order valence-electron chi connectivity index (χ2n) is 7.18. The minimum absolute atomic E-state index is 0.0346. The van der Waals surface area contributed by atoms with E-state index in [0.29, 0.717) is 25.8 Å². The third-order valence-electron chi connectivity index (χ3n) is 5.17. The first-order chi connectivity index (χ1) is 14.0. The Labute approximate surface area is 175 Å². The Hall–Kier alpha value is -2.15. The Bertz CT molecular complexity index is 593. The van der Waals surface area contributed by atoms with Crippen molar-refractivity contribution in [2.24, 2.45) is 0 Å². The average Bonchev–Trinajstić information content (AvgIpc) is 2.73. The van der Waals surface area contributed by atoms with E-state index in [4.69, 9.17) is 0 Å². The predicted molar refractivity (Wildman–Crippen MR) is 114 cm³/mol. The van der Waals surface area contributed by atoms with Crippen LogP contribution in [0.2, 0.25) is 0 Å². The smallest absolute Gasteiger partial charge is 0.305 e. The van der Waals surface area contributed by atoms with Crippen LogP contribution < -0.4 is 5.32 Å². The minimum atomic E-state index is -0.285. The Morgan fingerprint density at radius 1 is 1.17 bits per heavy atom. The highest BCUT2D eigenvalue weighted by molar-refractivity contribution is 5.78. The number of piperidine rings is 1. The summed E-state index contributed by atoms with van der Waals surface area (Å²) in [5, 5.41) is 2.91. The number of likely N-dealkylation sites (tertiary alicyclic amines) is 1. The normalized spacial score (nSPS) is 16.1. The molecule has 1 N–H and O–H groups in total. The summed E-state index contributed by atoms with van der Waals surface area (Å²) in [6, 6.07) is 0.217. The van der Waals surface area contributed by atoms with Gasteiger partial charge in [-0.25, -0.2) is 0 Å². The van der Waals surface area contributed by atoms with Gasteiger partial charge in [-0.1, -0.05) is 19.1 Å². The molecule has 164 valence electrons. The first-order valence-electron chi connectivity index (χ1n) is 10.6. The number of nitrogens with one attached hydrogen (secondary N) is 1. The van der Waals surface area contributed by atoms with Crippen molar-refractivity contribution in [2.45, 2.75) is 65.3 Å². The van der Waals surface area contributed by atoms with E-state index >= 15 is 0 Å². The molecule has 0 spiro atoms. The molecule has 0 aromatic carbocycles. The van der Waals surface area contributed by atoms with Gasteiger partial charge in [0, 0.05) is 57.2 Å². The van der Waals surface area contributed by atoms with Crippen molar-refractivity contribution in [3.05, 3.63) is 23.9 Å². The molecular formula is C22H37N3O4. The lowest BCUT2D eigenvalue weighted by molar-refractivity contribution is -0.140. The van der Waals surface area contributed by atoms with E-state index in [9.17, 15) is 14.4 Å². The van der Waals surface area contributed by atoms with Crippen molar-refractivity contribution in [3.63, 3.8) is 0 Å². The van der Waals surface area contributed by atoms with Gasteiger partial charge in [-0.05, 0) is 39.2 Å². The van der Waals surface area contributed by atoms with E-state index in [-0.39, 0.29) is 30.2 Å². The Morgan fingerprint density at radius 3 is 2.41 bits per heavy atom. The number of hydrogen-bond donors (Lipinski definition) is 1. The highest BCUT2D eigenvalue weighted by Gasteiger charge is 2.28. The van der Waals surface area contributed by atoms with Gasteiger partial charge >= 0.3 is 5.97 Å². The standard InChI is InChI=1S/C22H37N3O4/c1-5-9-18(6-2)25(21(27)7-3)19-12-15-24(16-13-19)17-14-23-20(26)10-8-11-22(28)29-4/h5-6,9,19H,7-8,10-17H2,1-4H3,(H,23,26)/b9-5-,18-6+. The van der Waals surface area contributed by atoms with Crippen LogP contribution in [0.1, 0.15) is 59.3 Å². The zero-order chi connectivity index (χ0) is 21.6. The monoisotopic (exact) mass is 407 g/mol. The predicted octanol–water partition coefficient (Wildman–Crippen LogP) is 2.63. The van der Waals surface area contributed by atoms with E-state index in [1.165, 1.54) is 7.11 Å². The lowest BCUT2D eigenvalue weighted by atomic mass is 10.0. The van der Waals surface area contributed by atoms with Gasteiger partial charge in [-0.2, -0.15) is 0 Å². The summed E-state index contributed by atoms with van der Waals surface area (Å²) in [5.41, 5.74) is 0.969. The number of carbonyl (C=O) groups excluding carboxylic acids is 3. The molecule has 0 bridgehead atoms. The second-order valence-corrected chi connectivity index (χ2v) is 7.18. The molecule has 7 heteroatoms.